The first-order chi connectivity index (χ1) is 7.18. The van der Waals surface area contributed by atoms with Crippen molar-refractivity contribution in [2.24, 2.45) is 5.73 Å². The van der Waals surface area contributed by atoms with E-state index in [2.05, 4.69) is 27.0 Å². The summed E-state index contributed by atoms with van der Waals surface area (Å²) in [5.74, 6) is 0. The minimum absolute atomic E-state index is 0.176. The van der Waals surface area contributed by atoms with E-state index in [9.17, 15) is 0 Å². The molecule has 0 fully saturated rings. The molecule has 2 N–H and O–H groups in total. The van der Waals surface area contributed by atoms with Crippen molar-refractivity contribution >= 4 is 26.8 Å². The highest BCUT2D eigenvalue weighted by Crippen LogP contribution is 2.24. The number of hydrogen-bond donors (Lipinski definition) is 1. The molecule has 0 bridgehead atoms. The second kappa shape index (κ2) is 4.29. The Morgan fingerprint density at radius 3 is 2.93 bits per heavy atom. The fourth-order valence-corrected chi connectivity index (χ4v) is 2.19. The summed E-state index contributed by atoms with van der Waals surface area (Å²) in [6.07, 6.45) is 2.72. The summed E-state index contributed by atoms with van der Waals surface area (Å²) in [7, 11) is 0. The quantitative estimate of drug-likeness (QED) is 0.906. The summed E-state index contributed by atoms with van der Waals surface area (Å²) < 4.78 is 1.03. The molecule has 1 unspecified atom stereocenters. The van der Waals surface area contributed by atoms with Gasteiger partial charge in [-0.05, 0) is 47.0 Å². The number of nitrogens with zero attached hydrogens (tertiary/aromatic N) is 1. The Balaban J connectivity index is 2.61. The Labute approximate surface area is 97.6 Å². The number of para-hydroxylation sites is 1. The molecule has 2 rings (SSSR count). The van der Waals surface area contributed by atoms with Crippen LogP contribution in [0.2, 0.25) is 0 Å². The molecule has 78 valence electrons. The van der Waals surface area contributed by atoms with Gasteiger partial charge >= 0.3 is 0 Å². The van der Waals surface area contributed by atoms with Gasteiger partial charge in [0.25, 0.3) is 0 Å². The van der Waals surface area contributed by atoms with Crippen LogP contribution in [0.15, 0.2) is 34.9 Å². The molecule has 2 aromatic rings. The normalized spacial score (nSPS) is 13.0. The minimum Gasteiger partial charge on any atom is -0.328 e. The zero-order chi connectivity index (χ0) is 10.8. The Kier molecular flexibility index (Phi) is 3.03. The number of nitrogens with two attached hydrogens (primary N) is 1. The Bertz CT molecular complexity index is 480. The summed E-state index contributed by atoms with van der Waals surface area (Å²) in [5.41, 5.74) is 8.09. The van der Waals surface area contributed by atoms with Crippen molar-refractivity contribution in [2.45, 2.75) is 19.4 Å². The number of aromatic nitrogens is 1. The van der Waals surface area contributed by atoms with Crippen LogP contribution in [0.4, 0.5) is 0 Å². The number of benzene rings is 1. The lowest BCUT2D eigenvalue weighted by molar-refractivity contribution is 0.741. The SMILES string of the molecule is CC(N)Cc1ccnc2c(Br)cccc12. The second-order valence-corrected chi connectivity index (χ2v) is 4.64. The van der Waals surface area contributed by atoms with Crippen LogP contribution in [-0.2, 0) is 6.42 Å². The molecule has 1 aromatic heterocycles. The first kappa shape index (κ1) is 10.6. The molecule has 1 aromatic carbocycles. The summed E-state index contributed by atoms with van der Waals surface area (Å²) in [4.78, 5) is 4.36. The maximum Gasteiger partial charge on any atom is 0.0846 e. The van der Waals surface area contributed by atoms with Gasteiger partial charge in [-0.15, -0.1) is 0 Å². The Morgan fingerprint density at radius 2 is 2.20 bits per heavy atom. The van der Waals surface area contributed by atoms with Crippen molar-refractivity contribution in [3.8, 4) is 0 Å². The molecule has 0 amide bonds. The van der Waals surface area contributed by atoms with Crippen molar-refractivity contribution in [2.75, 3.05) is 0 Å². The number of rotatable bonds is 2. The first-order valence-electron chi connectivity index (χ1n) is 4.96. The number of halogens is 1. The van der Waals surface area contributed by atoms with Gasteiger partial charge in [-0.3, -0.25) is 4.98 Å². The van der Waals surface area contributed by atoms with Gasteiger partial charge in [0.05, 0.1) is 5.52 Å². The third-order valence-electron chi connectivity index (χ3n) is 2.35. The lowest BCUT2D eigenvalue weighted by atomic mass is 10.0. The van der Waals surface area contributed by atoms with Crippen molar-refractivity contribution in [1.82, 2.24) is 4.98 Å². The van der Waals surface area contributed by atoms with Gasteiger partial charge in [0, 0.05) is 22.1 Å². The average Bonchev–Trinajstić information content (AvgIpc) is 2.19. The van der Waals surface area contributed by atoms with Gasteiger partial charge in [0.2, 0.25) is 0 Å². The first-order valence-corrected chi connectivity index (χ1v) is 5.75. The molecule has 2 nitrogen and oxygen atoms in total. The van der Waals surface area contributed by atoms with Crippen LogP contribution in [0.5, 0.6) is 0 Å². The van der Waals surface area contributed by atoms with Crippen molar-refractivity contribution in [1.29, 1.82) is 0 Å². The smallest absolute Gasteiger partial charge is 0.0846 e. The molecule has 0 aliphatic rings. The minimum atomic E-state index is 0.176. The van der Waals surface area contributed by atoms with E-state index in [1.165, 1.54) is 10.9 Å². The highest BCUT2D eigenvalue weighted by molar-refractivity contribution is 9.10. The van der Waals surface area contributed by atoms with Crippen LogP contribution < -0.4 is 5.73 Å². The van der Waals surface area contributed by atoms with E-state index in [1.807, 2.05) is 31.3 Å². The van der Waals surface area contributed by atoms with Gasteiger partial charge in [-0.2, -0.15) is 0 Å². The van der Waals surface area contributed by atoms with E-state index < -0.39 is 0 Å². The standard InChI is InChI=1S/C12H13BrN2/c1-8(14)7-9-5-6-15-12-10(9)3-2-4-11(12)13/h2-6,8H,7,14H2,1H3. The van der Waals surface area contributed by atoms with Crippen LogP contribution in [0.3, 0.4) is 0 Å². The van der Waals surface area contributed by atoms with Gasteiger partial charge < -0.3 is 5.73 Å². The van der Waals surface area contributed by atoms with Crippen molar-refractivity contribution in [3.63, 3.8) is 0 Å². The molecule has 0 radical (unpaired) electrons. The summed E-state index contributed by atoms with van der Waals surface area (Å²) in [6, 6.07) is 8.33. The molecule has 0 saturated heterocycles. The molecule has 1 atom stereocenters. The maximum atomic E-state index is 5.82. The van der Waals surface area contributed by atoms with Crippen molar-refractivity contribution < 1.29 is 0 Å². The predicted octanol–water partition coefficient (Wildman–Crippen LogP) is 2.89. The number of hydrogen-bond acceptors (Lipinski definition) is 2. The highest BCUT2D eigenvalue weighted by atomic mass is 79.9. The van der Waals surface area contributed by atoms with E-state index in [0.717, 1.165) is 16.4 Å². The molecule has 1 heterocycles. The molecular weight excluding hydrogens is 252 g/mol. The summed E-state index contributed by atoms with van der Waals surface area (Å²) >= 11 is 3.50. The third kappa shape index (κ3) is 2.19. The van der Waals surface area contributed by atoms with Crippen LogP contribution in [0.25, 0.3) is 10.9 Å². The highest BCUT2D eigenvalue weighted by Gasteiger charge is 2.05. The number of fused-ring (bicyclic) bond motifs is 1. The maximum absolute atomic E-state index is 5.82. The molecular formula is C12H13BrN2. The van der Waals surface area contributed by atoms with Gasteiger partial charge in [-0.25, -0.2) is 0 Å². The topological polar surface area (TPSA) is 38.9 Å². The fourth-order valence-electron chi connectivity index (χ4n) is 1.72. The summed E-state index contributed by atoms with van der Waals surface area (Å²) in [6.45, 7) is 2.02. The van der Waals surface area contributed by atoms with E-state index in [4.69, 9.17) is 5.73 Å². The van der Waals surface area contributed by atoms with E-state index in [-0.39, 0.29) is 6.04 Å². The largest absolute Gasteiger partial charge is 0.328 e. The molecule has 15 heavy (non-hydrogen) atoms. The van der Waals surface area contributed by atoms with Crippen LogP contribution >= 0.6 is 15.9 Å². The zero-order valence-electron chi connectivity index (χ0n) is 8.57. The van der Waals surface area contributed by atoms with Crippen LogP contribution in [-0.4, -0.2) is 11.0 Å². The lowest BCUT2D eigenvalue weighted by Crippen LogP contribution is -2.17. The van der Waals surface area contributed by atoms with Gasteiger partial charge in [0.15, 0.2) is 0 Å². The molecule has 0 saturated carbocycles. The molecule has 0 aliphatic carbocycles. The monoisotopic (exact) mass is 264 g/mol. The predicted molar refractivity (Wildman–Crippen MR) is 66.8 cm³/mol. The van der Waals surface area contributed by atoms with Gasteiger partial charge in [0.1, 0.15) is 0 Å². The average molecular weight is 265 g/mol. The Hall–Kier alpha value is -0.930. The second-order valence-electron chi connectivity index (χ2n) is 3.79. The Morgan fingerprint density at radius 1 is 1.40 bits per heavy atom. The van der Waals surface area contributed by atoms with E-state index in [0.29, 0.717) is 0 Å². The van der Waals surface area contributed by atoms with Crippen LogP contribution in [0, 0.1) is 0 Å². The zero-order valence-corrected chi connectivity index (χ0v) is 10.2. The fraction of sp³-hybridized carbons (Fsp3) is 0.250. The molecule has 0 spiro atoms. The number of pyridine rings is 1. The van der Waals surface area contributed by atoms with Gasteiger partial charge in [-0.1, -0.05) is 12.1 Å². The lowest BCUT2D eigenvalue weighted by Gasteiger charge is -2.09. The summed E-state index contributed by atoms with van der Waals surface area (Å²) in [5, 5.41) is 1.18. The molecule has 0 aliphatic heterocycles. The van der Waals surface area contributed by atoms with E-state index in [1.54, 1.807) is 0 Å². The third-order valence-corrected chi connectivity index (χ3v) is 2.99. The van der Waals surface area contributed by atoms with E-state index >= 15 is 0 Å². The molecule has 3 heteroatoms. The van der Waals surface area contributed by atoms with Crippen LogP contribution in [0.1, 0.15) is 12.5 Å². The van der Waals surface area contributed by atoms with Crippen molar-refractivity contribution in [3.05, 3.63) is 40.5 Å².